The van der Waals surface area contributed by atoms with Crippen LogP contribution in [0, 0.1) is 6.07 Å². The van der Waals surface area contributed by atoms with E-state index in [0.717, 1.165) is 27.8 Å². The van der Waals surface area contributed by atoms with Crippen molar-refractivity contribution >= 4 is 38.5 Å². The smallest absolute Gasteiger partial charge is 0.155 e. The van der Waals surface area contributed by atoms with Gasteiger partial charge in [-0.1, -0.05) is 82.5 Å². The van der Waals surface area contributed by atoms with Gasteiger partial charge < -0.3 is 14.5 Å². The third-order valence-corrected chi connectivity index (χ3v) is 8.51. The van der Waals surface area contributed by atoms with E-state index < -0.39 is 0 Å². The topological polar surface area (TPSA) is 63.3 Å². The molecule has 0 unspecified atom stereocenters. The molecule has 3 aromatic carbocycles. The third-order valence-electron chi connectivity index (χ3n) is 8.51. The molecular weight excluding hydrogens is 699 g/mol. The molecule has 221 valence electrons. The van der Waals surface area contributed by atoms with E-state index >= 15 is 0 Å². The number of furan rings is 1. The first-order valence-electron chi connectivity index (χ1n) is 14.5. The number of rotatable bonds is 3. The fourth-order valence-electron chi connectivity index (χ4n) is 6.17. The molecule has 2 aromatic heterocycles. The number of aromatic nitrogens is 1. The molecule has 2 heterocycles. The number of pyridine rings is 1. The second-order valence-corrected chi connectivity index (χ2v) is 13.0. The number of aliphatic hydroxyl groups excluding tert-OH is 1. The molecule has 0 amide bonds. The van der Waals surface area contributed by atoms with Gasteiger partial charge in [0.2, 0.25) is 0 Å². The molecular formula is C37H40IrNO3-. The Hall–Kier alpha value is -3.27. The Balaban J connectivity index is 0.000000454. The van der Waals surface area contributed by atoms with E-state index in [0.29, 0.717) is 5.92 Å². The van der Waals surface area contributed by atoms with Crippen LogP contribution in [0.1, 0.15) is 90.8 Å². The number of ketones is 1. The van der Waals surface area contributed by atoms with Gasteiger partial charge in [-0.3, -0.25) is 4.79 Å². The summed E-state index contributed by atoms with van der Waals surface area (Å²) in [6, 6.07) is 21.1. The van der Waals surface area contributed by atoms with Crippen LogP contribution in [0.25, 0.3) is 44.0 Å². The predicted molar refractivity (Wildman–Crippen MR) is 170 cm³/mol. The molecule has 0 aliphatic heterocycles. The van der Waals surface area contributed by atoms with Crippen molar-refractivity contribution in [1.29, 1.82) is 0 Å². The van der Waals surface area contributed by atoms with Gasteiger partial charge in [-0.15, -0.1) is 23.3 Å². The zero-order chi connectivity index (χ0) is 29.7. The first kappa shape index (κ1) is 31.7. The van der Waals surface area contributed by atoms with Crippen LogP contribution < -0.4 is 0 Å². The normalized spacial score (nSPS) is 15.7. The number of aliphatic hydroxyl groups is 1. The zero-order valence-electron chi connectivity index (χ0n) is 25.8. The van der Waals surface area contributed by atoms with Crippen molar-refractivity contribution in [3.63, 3.8) is 0 Å². The van der Waals surface area contributed by atoms with Crippen molar-refractivity contribution in [2.75, 3.05) is 0 Å². The van der Waals surface area contributed by atoms with Crippen molar-refractivity contribution in [2.45, 2.75) is 85.0 Å². The first-order valence-corrected chi connectivity index (χ1v) is 14.5. The van der Waals surface area contributed by atoms with Crippen LogP contribution in [0.2, 0.25) is 0 Å². The van der Waals surface area contributed by atoms with Gasteiger partial charge in [-0.25, -0.2) is 0 Å². The Morgan fingerprint density at radius 1 is 0.952 bits per heavy atom. The van der Waals surface area contributed by atoms with Gasteiger partial charge in [0.15, 0.2) is 5.78 Å². The molecule has 0 fully saturated rings. The number of hydrogen-bond acceptors (Lipinski definition) is 4. The maximum absolute atomic E-state index is 10.0. The largest absolute Gasteiger partial charge is 0.512 e. The summed E-state index contributed by atoms with van der Waals surface area (Å²) in [5.74, 6) is 0.371. The van der Waals surface area contributed by atoms with E-state index in [4.69, 9.17) is 14.5 Å². The second-order valence-electron chi connectivity index (χ2n) is 13.0. The summed E-state index contributed by atoms with van der Waals surface area (Å²) < 4.78 is 6.61. The minimum absolute atomic E-state index is 0. The summed E-state index contributed by atoms with van der Waals surface area (Å²) in [6.07, 6.45) is 5.47. The number of benzene rings is 3. The Morgan fingerprint density at radius 2 is 1.57 bits per heavy atom. The average Bonchev–Trinajstić information content (AvgIpc) is 3.28. The van der Waals surface area contributed by atoms with E-state index in [9.17, 15) is 4.79 Å². The molecule has 1 radical (unpaired) electrons. The van der Waals surface area contributed by atoms with Crippen molar-refractivity contribution in [2.24, 2.45) is 0 Å². The zero-order valence-corrected chi connectivity index (χ0v) is 28.2. The second kappa shape index (κ2) is 11.8. The Labute approximate surface area is 262 Å². The maximum atomic E-state index is 10.0. The molecule has 42 heavy (non-hydrogen) atoms. The van der Waals surface area contributed by atoms with E-state index in [1.165, 1.54) is 65.6 Å². The quantitative estimate of drug-likeness (QED) is 0.114. The Bertz CT molecular complexity index is 1820. The molecule has 1 aliphatic carbocycles. The molecule has 0 saturated heterocycles. The van der Waals surface area contributed by atoms with Crippen LogP contribution in [0.3, 0.4) is 0 Å². The summed E-state index contributed by atoms with van der Waals surface area (Å²) >= 11 is 0. The molecule has 0 atom stereocenters. The minimum atomic E-state index is -0.125. The molecule has 1 N–H and O–H groups in total. The Kier molecular flexibility index (Phi) is 8.88. The summed E-state index contributed by atoms with van der Waals surface area (Å²) in [5.41, 5.74) is 8.19. The van der Waals surface area contributed by atoms with Crippen molar-refractivity contribution in [3.05, 3.63) is 89.3 Å². The maximum Gasteiger partial charge on any atom is 0.155 e. The van der Waals surface area contributed by atoms with Crippen molar-refractivity contribution in [3.8, 4) is 11.3 Å². The molecule has 4 nitrogen and oxygen atoms in total. The van der Waals surface area contributed by atoms with Crippen LogP contribution in [-0.2, 0) is 35.7 Å². The molecule has 0 bridgehead atoms. The minimum Gasteiger partial charge on any atom is -0.512 e. The van der Waals surface area contributed by atoms with Gasteiger partial charge in [-0.05, 0) is 66.8 Å². The number of nitrogens with zero attached hydrogens (tertiary/aromatic N) is 1. The summed E-state index contributed by atoms with van der Waals surface area (Å²) in [7, 11) is 0. The van der Waals surface area contributed by atoms with E-state index in [1.807, 2.05) is 6.20 Å². The van der Waals surface area contributed by atoms with Gasteiger partial charge in [0.05, 0.1) is 5.76 Å². The van der Waals surface area contributed by atoms with Crippen molar-refractivity contribution in [1.82, 2.24) is 4.98 Å². The van der Waals surface area contributed by atoms with Gasteiger partial charge >= 0.3 is 0 Å². The molecule has 5 aromatic rings. The number of allylic oxidation sites excluding steroid dienone is 2. The molecule has 5 heteroatoms. The fourth-order valence-corrected chi connectivity index (χ4v) is 6.17. The number of hydrogen-bond donors (Lipinski definition) is 1. The molecule has 1 aliphatic rings. The molecule has 0 saturated carbocycles. The summed E-state index contributed by atoms with van der Waals surface area (Å²) in [4.78, 5) is 14.8. The third kappa shape index (κ3) is 5.82. The van der Waals surface area contributed by atoms with Crippen LogP contribution in [0.5, 0.6) is 0 Å². The monoisotopic (exact) mass is 739 g/mol. The van der Waals surface area contributed by atoms with E-state index in [-0.39, 0.29) is 42.5 Å². The van der Waals surface area contributed by atoms with Crippen LogP contribution in [-0.4, -0.2) is 15.9 Å². The van der Waals surface area contributed by atoms with Crippen LogP contribution in [0.15, 0.2) is 71.0 Å². The summed E-state index contributed by atoms with van der Waals surface area (Å²) in [6.45, 7) is 16.8. The van der Waals surface area contributed by atoms with E-state index in [2.05, 4.69) is 96.1 Å². The van der Waals surface area contributed by atoms with Gasteiger partial charge in [0.25, 0.3) is 0 Å². The number of carbonyl (C=O) groups excluding carboxylic acids is 1. The summed E-state index contributed by atoms with van der Waals surface area (Å²) in [5, 5.41) is 13.1. The first-order chi connectivity index (χ1) is 19.3. The van der Waals surface area contributed by atoms with Crippen LogP contribution in [0.4, 0.5) is 0 Å². The Morgan fingerprint density at radius 3 is 2.14 bits per heavy atom. The van der Waals surface area contributed by atoms with E-state index in [1.54, 1.807) is 0 Å². The number of carbonyl (C=O) groups is 1. The molecule has 0 spiro atoms. The molecule has 6 rings (SSSR count). The van der Waals surface area contributed by atoms with Gasteiger partial charge in [-0.2, -0.15) is 0 Å². The average molecular weight is 739 g/mol. The van der Waals surface area contributed by atoms with Gasteiger partial charge in [0, 0.05) is 48.8 Å². The van der Waals surface area contributed by atoms with Gasteiger partial charge in [0.1, 0.15) is 11.2 Å². The van der Waals surface area contributed by atoms with Crippen LogP contribution >= 0.6 is 0 Å². The predicted octanol–water partition coefficient (Wildman–Crippen LogP) is 10.1. The van der Waals surface area contributed by atoms with Crippen molar-refractivity contribution < 1.29 is 34.4 Å². The standard InChI is InChI=1S/C32H32NO.C5H8O2.Ir/c1-19(2)20-11-12-23(22-10-8-7-9-21(20)22)29-30-24(13-16-33-29)25-17-26-27(18-28(25)34-30)32(5,6)15-14-31(26,3)4;1-4(6)3-5(2)7;/h7-11,13,16-19H,14-15H2,1-6H3;3,6H,1-2H3;/q-1;;/b;4-3-;. The number of fused-ring (bicyclic) bond motifs is 5. The SMILES string of the molecule is CC(=O)/C=C(/C)O.CC(C)c1c[c-]c(-c2nccc3c2oc2cc4c(cc23)C(C)(C)CCC4(C)C)c2ccccc12.[Ir]. The fraction of sp³-hybridized carbons (Fsp3) is 0.351.